The predicted molar refractivity (Wildman–Crippen MR) is 72.6 cm³/mol. The standard InChI is InChI=1S/C16H24O/c1-4-5-6-7-8-9-10-14-11-12-16(2,3)13-15(14)17/h11H,4-6,9-10,12-13H2,1-3H3. The number of unbranched alkanes of at least 4 members (excludes halogenated alkanes) is 2. The van der Waals surface area contributed by atoms with Crippen LogP contribution in [0.4, 0.5) is 0 Å². The Kier molecular flexibility index (Phi) is 5.48. The number of rotatable bonds is 4. The molecule has 1 aliphatic carbocycles. The van der Waals surface area contributed by atoms with Gasteiger partial charge in [0.2, 0.25) is 0 Å². The largest absolute Gasteiger partial charge is 0.295 e. The van der Waals surface area contributed by atoms with E-state index in [1.807, 2.05) is 0 Å². The quantitative estimate of drug-likeness (QED) is 0.522. The van der Waals surface area contributed by atoms with Gasteiger partial charge in [-0.1, -0.05) is 33.3 Å². The van der Waals surface area contributed by atoms with Crippen LogP contribution in [0.5, 0.6) is 0 Å². The molecule has 0 aliphatic heterocycles. The van der Waals surface area contributed by atoms with Crippen molar-refractivity contribution < 1.29 is 4.79 Å². The summed E-state index contributed by atoms with van der Waals surface area (Å²) in [5.74, 6) is 6.66. The molecule has 17 heavy (non-hydrogen) atoms. The highest BCUT2D eigenvalue weighted by atomic mass is 16.1. The zero-order chi connectivity index (χ0) is 12.7. The molecule has 0 saturated carbocycles. The van der Waals surface area contributed by atoms with Crippen LogP contribution in [0, 0.1) is 17.3 Å². The van der Waals surface area contributed by atoms with E-state index in [0.29, 0.717) is 12.2 Å². The Balaban J connectivity index is 2.34. The van der Waals surface area contributed by atoms with E-state index in [9.17, 15) is 4.79 Å². The van der Waals surface area contributed by atoms with Crippen LogP contribution >= 0.6 is 0 Å². The number of allylic oxidation sites excluding steroid dienone is 2. The lowest BCUT2D eigenvalue weighted by Crippen LogP contribution is -2.22. The number of carbonyl (C=O) groups excluding carboxylic acids is 1. The van der Waals surface area contributed by atoms with Crippen LogP contribution in [0.25, 0.3) is 0 Å². The summed E-state index contributed by atoms with van der Waals surface area (Å²) in [4.78, 5) is 11.9. The summed E-state index contributed by atoms with van der Waals surface area (Å²) in [6, 6.07) is 0. The van der Waals surface area contributed by atoms with Gasteiger partial charge in [0.25, 0.3) is 0 Å². The minimum Gasteiger partial charge on any atom is -0.295 e. The van der Waals surface area contributed by atoms with Gasteiger partial charge in [-0.05, 0) is 30.3 Å². The van der Waals surface area contributed by atoms with Crippen molar-refractivity contribution in [2.45, 2.75) is 65.7 Å². The molecule has 1 aliphatic rings. The Morgan fingerprint density at radius 2 is 2.00 bits per heavy atom. The van der Waals surface area contributed by atoms with E-state index in [0.717, 1.165) is 31.3 Å². The van der Waals surface area contributed by atoms with E-state index < -0.39 is 0 Å². The van der Waals surface area contributed by atoms with Crippen molar-refractivity contribution in [1.29, 1.82) is 0 Å². The molecular weight excluding hydrogens is 208 g/mol. The summed E-state index contributed by atoms with van der Waals surface area (Å²) in [6.07, 6.45) is 8.90. The summed E-state index contributed by atoms with van der Waals surface area (Å²) in [5, 5.41) is 0. The zero-order valence-corrected chi connectivity index (χ0v) is 11.4. The van der Waals surface area contributed by atoms with Crippen LogP contribution in [0.2, 0.25) is 0 Å². The van der Waals surface area contributed by atoms with Gasteiger partial charge in [0.15, 0.2) is 5.78 Å². The molecule has 1 rings (SSSR count). The molecular formula is C16H24O. The van der Waals surface area contributed by atoms with Crippen LogP contribution < -0.4 is 0 Å². The summed E-state index contributed by atoms with van der Waals surface area (Å²) >= 11 is 0. The van der Waals surface area contributed by atoms with Crippen molar-refractivity contribution in [3.63, 3.8) is 0 Å². The van der Waals surface area contributed by atoms with Crippen LogP contribution in [-0.2, 0) is 4.79 Å². The van der Waals surface area contributed by atoms with E-state index in [1.165, 1.54) is 12.8 Å². The van der Waals surface area contributed by atoms with Gasteiger partial charge in [-0.25, -0.2) is 0 Å². The molecule has 0 aromatic heterocycles. The molecule has 1 nitrogen and oxygen atoms in total. The van der Waals surface area contributed by atoms with Crippen molar-refractivity contribution in [1.82, 2.24) is 0 Å². The van der Waals surface area contributed by atoms with Crippen molar-refractivity contribution in [2.75, 3.05) is 0 Å². The van der Waals surface area contributed by atoms with Gasteiger partial charge in [-0.15, -0.1) is 11.8 Å². The Hall–Kier alpha value is -1.03. The Morgan fingerprint density at radius 3 is 2.65 bits per heavy atom. The molecule has 0 aromatic rings. The van der Waals surface area contributed by atoms with Crippen LogP contribution in [0.3, 0.4) is 0 Å². The summed E-state index contributed by atoms with van der Waals surface area (Å²) in [6.45, 7) is 6.49. The molecule has 0 unspecified atom stereocenters. The lowest BCUT2D eigenvalue weighted by molar-refractivity contribution is -0.118. The fraction of sp³-hybridized carbons (Fsp3) is 0.688. The SMILES string of the molecule is CCCCC#CCCC1=CCC(C)(C)CC1=O. The second-order valence-corrected chi connectivity index (χ2v) is 5.65. The van der Waals surface area contributed by atoms with E-state index in [1.54, 1.807) is 0 Å². The molecule has 0 spiro atoms. The van der Waals surface area contributed by atoms with E-state index in [2.05, 4.69) is 38.7 Å². The maximum Gasteiger partial charge on any atom is 0.159 e. The number of ketones is 1. The predicted octanol–water partition coefficient (Wildman–Crippen LogP) is 4.28. The first kappa shape index (κ1) is 14.0. The highest BCUT2D eigenvalue weighted by molar-refractivity contribution is 5.96. The summed E-state index contributed by atoms with van der Waals surface area (Å²) < 4.78 is 0. The molecule has 0 bridgehead atoms. The minimum atomic E-state index is 0.160. The van der Waals surface area contributed by atoms with Crippen molar-refractivity contribution in [2.24, 2.45) is 5.41 Å². The van der Waals surface area contributed by atoms with Crippen LogP contribution in [-0.4, -0.2) is 5.78 Å². The molecule has 94 valence electrons. The fourth-order valence-corrected chi connectivity index (χ4v) is 2.01. The van der Waals surface area contributed by atoms with Gasteiger partial charge in [0.05, 0.1) is 0 Å². The Labute approximate surface area is 106 Å². The highest BCUT2D eigenvalue weighted by Gasteiger charge is 2.26. The number of hydrogen-bond acceptors (Lipinski definition) is 1. The van der Waals surface area contributed by atoms with Gasteiger partial charge in [0.1, 0.15) is 0 Å². The van der Waals surface area contributed by atoms with Crippen LogP contribution in [0.1, 0.15) is 65.7 Å². The normalized spacial score (nSPS) is 18.3. The topological polar surface area (TPSA) is 17.1 Å². The van der Waals surface area contributed by atoms with Gasteiger partial charge >= 0.3 is 0 Å². The smallest absolute Gasteiger partial charge is 0.159 e. The number of Topliss-reactive ketones (excluding diaryl/α,β-unsaturated/α-hetero) is 1. The van der Waals surface area contributed by atoms with Gasteiger partial charge in [-0.2, -0.15) is 0 Å². The highest BCUT2D eigenvalue weighted by Crippen LogP contribution is 2.33. The molecule has 0 N–H and O–H groups in total. The minimum absolute atomic E-state index is 0.160. The lowest BCUT2D eigenvalue weighted by atomic mass is 9.77. The molecule has 0 aromatic carbocycles. The monoisotopic (exact) mass is 232 g/mol. The van der Waals surface area contributed by atoms with E-state index in [-0.39, 0.29) is 5.41 Å². The van der Waals surface area contributed by atoms with Gasteiger partial charge in [0, 0.05) is 19.3 Å². The zero-order valence-electron chi connectivity index (χ0n) is 11.4. The lowest BCUT2D eigenvalue weighted by Gasteiger charge is -2.27. The third-order valence-electron chi connectivity index (χ3n) is 3.20. The second-order valence-electron chi connectivity index (χ2n) is 5.65. The Morgan fingerprint density at radius 1 is 1.29 bits per heavy atom. The van der Waals surface area contributed by atoms with Crippen molar-refractivity contribution in [3.05, 3.63) is 11.6 Å². The fourth-order valence-electron chi connectivity index (χ4n) is 2.01. The summed E-state index contributed by atoms with van der Waals surface area (Å²) in [5.41, 5.74) is 1.17. The van der Waals surface area contributed by atoms with Gasteiger partial charge in [-0.3, -0.25) is 4.79 Å². The third kappa shape index (κ3) is 5.22. The average Bonchev–Trinajstić information content (AvgIpc) is 2.25. The first-order valence-corrected chi connectivity index (χ1v) is 6.73. The first-order chi connectivity index (χ1) is 8.05. The van der Waals surface area contributed by atoms with E-state index in [4.69, 9.17) is 0 Å². The molecule has 1 heteroatoms. The third-order valence-corrected chi connectivity index (χ3v) is 3.20. The second kappa shape index (κ2) is 6.64. The number of hydrogen-bond donors (Lipinski definition) is 0. The molecule has 0 heterocycles. The molecule has 0 saturated heterocycles. The number of carbonyl (C=O) groups is 1. The molecule has 0 radical (unpaired) electrons. The van der Waals surface area contributed by atoms with Crippen LogP contribution in [0.15, 0.2) is 11.6 Å². The molecule has 0 atom stereocenters. The van der Waals surface area contributed by atoms with E-state index >= 15 is 0 Å². The van der Waals surface area contributed by atoms with Crippen molar-refractivity contribution in [3.8, 4) is 11.8 Å². The summed E-state index contributed by atoms with van der Waals surface area (Å²) in [7, 11) is 0. The first-order valence-electron chi connectivity index (χ1n) is 6.73. The van der Waals surface area contributed by atoms with Crippen molar-refractivity contribution >= 4 is 5.78 Å². The Bertz CT molecular complexity index is 349. The maximum atomic E-state index is 11.9. The average molecular weight is 232 g/mol. The molecule has 0 fully saturated rings. The van der Waals surface area contributed by atoms with Gasteiger partial charge < -0.3 is 0 Å². The maximum absolute atomic E-state index is 11.9. The molecule has 0 amide bonds.